The first-order valence-electron chi connectivity index (χ1n) is 8.88. The molecule has 1 saturated heterocycles. The first-order valence-corrected chi connectivity index (χ1v) is 8.88. The minimum absolute atomic E-state index is 0.351. The maximum Gasteiger partial charge on any atom is 0.411 e. The second-order valence-corrected chi connectivity index (χ2v) is 7.99. The van der Waals surface area contributed by atoms with Crippen LogP contribution in [0.4, 0.5) is 13.6 Å². The number of rotatable bonds is 1. The molecule has 1 aliphatic heterocycles. The van der Waals surface area contributed by atoms with Crippen molar-refractivity contribution in [3.63, 3.8) is 0 Å². The molecule has 5 nitrogen and oxygen atoms in total. The summed E-state index contributed by atoms with van der Waals surface area (Å²) in [7, 11) is 0. The predicted molar refractivity (Wildman–Crippen MR) is 98.8 cm³/mol. The molecule has 3 aromatic rings. The fourth-order valence-electron chi connectivity index (χ4n) is 3.49. The van der Waals surface area contributed by atoms with Crippen LogP contribution < -0.4 is 0 Å². The van der Waals surface area contributed by atoms with Crippen molar-refractivity contribution >= 4 is 27.9 Å². The minimum Gasteiger partial charge on any atom is -0.444 e. The Morgan fingerprint density at radius 3 is 2.74 bits per heavy atom. The van der Waals surface area contributed by atoms with Gasteiger partial charge < -0.3 is 9.72 Å². The number of hydrogen-bond donors (Lipinski definition) is 1. The van der Waals surface area contributed by atoms with Gasteiger partial charge in [-0.25, -0.2) is 18.6 Å². The maximum absolute atomic E-state index is 14.1. The highest BCUT2D eigenvalue weighted by atomic mass is 19.3. The fourth-order valence-corrected chi connectivity index (χ4v) is 3.49. The van der Waals surface area contributed by atoms with Crippen LogP contribution in [0.1, 0.15) is 39.1 Å². The van der Waals surface area contributed by atoms with Crippen LogP contribution in [0.5, 0.6) is 0 Å². The second-order valence-electron chi connectivity index (χ2n) is 7.99. The molecule has 7 heteroatoms. The first kappa shape index (κ1) is 17.7. The number of imidazole rings is 1. The van der Waals surface area contributed by atoms with Crippen LogP contribution in [-0.2, 0) is 4.74 Å². The molecule has 1 amide bonds. The molecular weight excluding hydrogens is 352 g/mol. The van der Waals surface area contributed by atoms with E-state index in [0.717, 1.165) is 21.2 Å². The SMILES string of the molecule is CC(C)(C)OC(=O)N1CC(F)(F)CC1c1nc2c(ccc3ccccc32)[nH]1. The van der Waals surface area contributed by atoms with Crippen LogP contribution in [0, 0.1) is 0 Å². The Labute approximate surface area is 155 Å². The van der Waals surface area contributed by atoms with Crippen LogP contribution in [0.2, 0.25) is 0 Å². The van der Waals surface area contributed by atoms with Gasteiger partial charge in [-0.05, 0) is 32.2 Å². The summed E-state index contributed by atoms with van der Waals surface area (Å²) < 4.78 is 33.6. The van der Waals surface area contributed by atoms with Crippen molar-refractivity contribution in [3.8, 4) is 0 Å². The second kappa shape index (κ2) is 5.90. The molecule has 0 bridgehead atoms. The lowest BCUT2D eigenvalue weighted by Gasteiger charge is -2.27. The highest BCUT2D eigenvalue weighted by Gasteiger charge is 2.50. The molecule has 2 aromatic carbocycles. The van der Waals surface area contributed by atoms with Crippen LogP contribution in [-0.4, -0.2) is 39.0 Å². The number of hydrogen-bond acceptors (Lipinski definition) is 3. The lowest BCUT2D eigenvalue weighted by atomic mass is 10.1. The molecule has 0 spiro atoms. The number of likely N-dealkylation sites (tertiary alicyclic amines) is 1. The van der Waals surface area contributed by atoms with Gasteiger partial charge in [-0.15, -0.1) is 0 Å². The molecule has 1 unspecified atom stereocenters. The number of fused-ring (bicyclic) bond motifs is 3. The van der Waals surface area contributed by atoms with Crippen molar-refractivity contribution in [2.45, 2.75) is 44.8 Å². The van der Waals surface area contributed by atoms with E-state index in [2.05, 4.69) is 9.97 Å². The Morgan fingerprint density at radius 2 is 2.00 bits per heavy atom. The molecule has 0 saturated carbocycles. The standard InChI is InChI=1S/C20H21F2N3O2/c1-19(2,3)27-18(26)25-11-20(21,22)10-15(25)17-23-14-9-8-12-6-4-5-7-13(12)16(14)24-17/h4-9,15H,10-11H2,1-3H3,(H,23,24). The van der Waals surface area contributed by atoms with Crippen LogP contribution in [0.3, 0.4) is 0 Å². The van der Waals surface area contributed by atoms with Gasteiger partial charge in [-0.3, -0.25) is 4.90 Å². The number of halogens is 2. The molecule has 0 radical (unpaired) electrons. The van der Waals surface area contributed by atoms with Gasteiger partial charge in [-0.2, -0.15) is 0 Å². The highest BCUT2D eigenvalue weighted by Crippen LogP contribution is 2.41. The van der Waals surface area contributed by atoms with Gasteiger partial charge in [0.05, 0.1) is 23.6 Å². The quantitative estimate of drug-likeness (QED) is 0.651. The van der Waals surface area contributed by atoms with E-state index in [0.29, 0.717) is 11.3 Å². The van der Waals surface area contributed by atoms with Crippen molar-refractivity contribution < 1.29 is 18.3 Å². The smallest absolute Gasteiger partial charge is 0.411 e. The number of carbonyl (C=O) groups excluding carboxylic acids is 1. The molecule has 1 aliphatic rings. The number of amides is 1. The third kappa shape index (κ3) is 3.34. The lowest BCUT2D eigenvalue weighted by molar-refractivity contribution is -0.00248. The van der Waals surface area contributed by atoms with E-state index in [1.807, 2.05) is 36.4 Å². The number of aromatic amines is 1. The molecule has 2 heterocycles. The summed E-state index contributed by atoms with van der Waals surface area (Å²) in [6.45, 7) is 4.45. The third-order valence-electron chi connectivity index (χ3n) is 4.61. The van der Waals surface area contributed by atoms with Gasteiger partial charge >= 0.3 is 6.09 Å². The zero-order valence-electron chi connectivity index (χ0n) is 15.4. The summed E-state index contributed by atoms with van der Waals surface area (Å²) >= 11 is 0. The summed E-state index contributed by atoms with van der Waals surface area (Å²) in [6.07, 6.45) is -1.24. The van der Waals surface area contributed by atoms with Crippen LogP contribution in [0.15, 0.2) is 36.4 Å². The largest absolute Gasteiger partial charge is 0.444 e. The summed E-state index contributed by atoms with van der Waals surface area (Å²) in [5, 5.41) is 1.95. The van der Waals surface area contributed by atoms with Gasteiger partial charge in [0.25, 0.3) is 5.92 Å². The first-order chi connectivity index (χ1) is 12.6. The molecule has 27 heavy (non-hydrogen) atoms. The summed E-state index contributed by atoms with van der Waals surface area (Å²) in [5.41, 5.74) is 0.703. The Morgan fingerprint density at radius 1 is 1.26 bits per heavy atom. The van der Waals surface area contributed by atoms with Crippen molar-refractivity contribution in [1.82, 2.24) is 14.9 Å². The van der Waals surface area contributed by atoms with E-state index < -0.39 is 36.6 Å². The molecule has 4 rings (SSSR count). The van der Waals surface area contributed by atoms with E-state index in [1.165, 1.54) is 0 Å². The van der Waals surface area contributed by atoms with Gasteiger partial charge in [0.1, 0.15) is 11.4 Å². The van der Waals surface area contributed by atoms with E-state index in [1.54, 1.807) is 20.8 Å². The van der Waals surface area contributed by atoms with Gasteiger partial charge in [0, 0.05) is 11.8 Å². The predicted octanol–water partition coefficient (Wildman–Crippen LogP) is 5.03. The number of nitrogens with one attached hydrogen (secondary N) is 1. The van der Waals surface area contributed by atoms with Gasteiger partial charge in [0.2, 0.25) is 0 Å². The van der Waals surface area contributed by atoms with Gasteiger partial charge in [0.15, 0.2) is 0 Å². The number of alkyl halides is 2. The average molecular weight is 373 g/mol. The number of nitrogens with zero attached hydrogens (tertiary/aromatic N) is 2. The zero-order chi connectivity index (χ0) is 19.4. The zero-order valence-corrected chi connectivity index (χ0v) is 15.4. The number of ether oxygens (including phenoxy) is 1. The topological polar surface area (TPSA) is 58.2 Å². The van der Waals surface area contributed by atoms with Crippen molar-refractivity contribution in [1.29, 1.82) is 0 Å². The molecule has 1 atom stereocenters. The van der Waals surface area contributed by atoms with E-state index >= 15 is 0 Å². The number of aromatic nitrogens is 2. The Hall–Kier alpha value is -2.70. The van der Waals surface area contributed by atoms with Crippen molar-refractivity contribution in [3.05, 3.63) is 42.2 Å². The highest BCUT2D eigenvalue weighted by molar-refractivity contribution is 6.04. The van der Waals surface area contributed by atoms with E-state index in [4.69, 9.17) is 4.74 Å². The molecular formula is C20H21F2N3O2. The van der Waals surface area contributed by atoms with Crippen molar-refractivity contribution in [2.24, 2.45) is 0 Å². The Balaban J connectivity index is 1.75. The van der Waals surface area contributed by atoms with E-state index in [9.17, 15) is 13.6 Å². The van der Waals surface area contributed by atoms with Crippen molar-refractivity contribution in [2.75, 3.05) is 6.54 Å². The summed E-state index contributed by atoms with van der Waals surface area (Å²) in [4.78, 5) is 21.3. The van der Waals surface area contributed by atoms with Crippen LogP contribution >= 0.6 is 0 Å². The number of benzene rings is 2. The van der Waals surface area contributed by atoms with Crippen LogP contribution in [0.25, 0.3) is 21.8 Å². The molecule has 0 aliphatic carbocycles. The monoisotopic (exact) mass is 373 g/mol. The lowest BCUT2D eigenvalue weighted by Crippen LogP contribution is -2.38. The third-order valence-corrected chi connectivity index (χ3v) is 4.61. The fraction of sp³-hybridized carbons (Fsp3) is 0.400. The Bertz CT molecular complexity index is 1020. The maximum atomic E-state index is 14.1. The number of H-pyrrole nitrogens is 1. The average Bonchev–Trinajstić information content (AvgIpc) is 3.14. The molecule has 1 N–H and O–H groups in total. The molecule has 1 fully saturated rings. The Kier molecular flexibility index (Phi) is 3.87. The molecule has 1 aromatic heterocycles. The normalized spacial score (nSPS) is 19.7. The summed E-state index contributed by atoms with van der Waals surface area (Å²) in [6, 6.07) is 10.7. The van der Waals surface area contributed by atoms with E-state index in [-0.39, 0.29) is 0 Å². The summed E-state index contributed by atoms with van der Waals surface area (Å²) in [5.74, 6) is -2.63. The van der Waals surface area contributed by atoms with Gasteiger partial charge in [-0.1, -0.05) is 30.3 Å². The minimum atomic E-state index is -2.98. The molecule has 142 valence electrons. The number of carbonyl (C=O) groups is 1.